The van der Waals surface area contributed by atoms with Gasteiger partial charge in [0.25, 0.3) is 0 Å². The van der Waals surface area contributed by atoms with Crippen LogP contribution in [0.25, 0.3) is 10.6 Å². The minimum Gasteiger partial charge on any atom is -0.466 e. The minimum atomic E-state index is -3.76. The number of rotatable bonds is 8. The van der Waals surface area contributed by atoms with Gasteiger partial charge in [-0.3, -0.25) is 14.9 Å². The fourth-order valence-electron chi connectivity index (χ4n) is 2.99. The predicted octanol–water partition coefficient (Wildman–Crippen LogP) is 2.91. The van der Waals surface area contributed by atoms with E-state index < -0.39 is 10.0 Å². The van der Waals surface area contributed by atoms with Crippen molar-refractivity contribution in [1.82, 2.24) is 15.2 Å². The number of hydrogen-bond acceptors (Lipinski definition) is 8. The van der Waals surface area contributed by atoms with Crippen molar-refractivity contribution in [3.05, 3.63) is 41.7 Å². The smallest absolute Gasteiger partial charge is 0.302 e. The number of nitrogens with two attached hydrogens (primary N) is 1. The number of hydrogen-bond donors (Lipinski definition) is 3. The summed E-state index contributed by atoms with van der Waals surface area (Å²) in [5.41, 5.74) is 3.31. The monoisotopic (exact) mass is 447 g/mol. The number of nitrogens with one attached hydrogen (secondary N) is 2. The Kier molecular flexibility index (Phi) is 5.58. The molecule has 9 nitrogen and oxygen atoms in total. The van der Waals surface area contributed by atoms with Crippen LogP contribution in [-0.4, -0.2) is 36.2 Å². The Balaban J connectivity index is 1.62. The van der Waals surface area contributed by atoms with Crippen molar-refractivity contribution < 1.29 is 17.9 Å². The molecule has 158 valence electrons. The van der Waals surface area contributed by atoms with Crippen molar-refractivity contribution in [3.63, 3.8) is 0 Å². The number of thiophene rings is 1. The molecule has 0 radical (unpaired) electrons. The van der Waals surface area contributed by atoms with E-state index in [1.807, 2.05) is 12.1 Å². The van der Waals surface area contributed by atoms with Gasteiger partial charge in [0.2, 0.25) is 10.0 Å². The predicted molar refractivity (Wildman–Crippen MR) is 113 cm³/mol. The van der Waals surface area contributed by atoms with Crippen molar-refractivity contribution >= 4 is 38.8 Å². The number of primary sulfonamides is 1. The molecule has 3 aromatic rings. The number of aromatic nitrogens is 3. The lowest BCUT2D eigenvalue weighted by molar-refractivity contribution is -0.140. The second kappa shape index (κ2) is 8.17. The molecule has 0 aromatic carbocycles. The second-order valence-electron chi connectivity index (χ2n) is 7.09. The third-order valence-electron chi connectivity index (χ3n) is 4.66. The zero-order valence-electron chi connectivity index (χ0n) is 16.2. The largest absolute Gasteiger partial charge is 0.466 e. The first-order valence-electron chi connectivity index (χ1n) is 9.37. The Hall–Kier alpha value is -2.76. The van der Waals surface area contributed by atoms with Crippen molar-refractivity contribution in [2.24, 2.45) is 5.14 Å². The van der Waals surface area contributed by atoms with E-state index in [9.17, 15) is 13.2 Å². The van der Waals surface area contributed by atoms with E-state index in [1.165, 1.54) is 25.8 Å². The van der Waals surface area contributed by atoms with Crippen LogP contribution in [0.5, 0.6) is 0 Å². The maximum Gasteiger partial charge on any atom is 0.302 e. The van der Waals surface area contributed by atoms with Crippen LogP contribution < -0.4 is 10.5 Å². The summed E-state index contributed by atoms with van der Waals surface area (Å²) in [6.07, 6.45) is 4.49. The van der Waals surface area contributed by atoms with Gasteiger partial charge in [-0.1, -0.05) is 0 Å². The van der Waals surface area contributed by atoms with E-state index in [0.717, 1.165) is 28.3 Å². The summed E-state index contributed by atoms with van der Waals surface area (Å²) in [7, 11) is -3.76. The molecule has 3 heterocycles. The molecule has 4 N–H and O–H groups in total. The first-order chi connectivity index (χ1) is 14.3. The van der Waals surface area contributed by atoms with Crippen LogP contribution in [0.2, 0.25) is 0 Å². The number of carbonyl (C=O) groups is 1. The van der Waals surface area contributed by atoms with Crippen LogP contribution in [0.3, 0.4) is 0 Å². The first kappa shape index (κ1) is 20.5. The van der Waals surface area contributed by atoms with Gasteiger partial charge < -0.3 is 10.1 Å². The number of esters is 1. The maximum absolute atomic E-state index is 11.6. The molecular weight excluding hydrogens is 426 g/mol. The molecule has 0 unspecified atom stereocenters. The fraction of sp³-hybridized carbons (Fsp3) is 0.316. The van der Waals surface area contributed by atoms with Crippen molar-refractivity contribution in [1.29, 1.82) is 0 Å². The summed E-state index contributed by atoms with van der Waals surface area (Å²) >= 11 is 1.06. The van der Waals surface area contributed by atoms with Crippen LogP contribution in [0, 0.1) is 0 Å². The van der Waals surface area contributed by atoms with Crippen LogP contribution in [0.1, 0.15) is 36.9 Å². The SMILES string of the molecule is CC(=O)OCCc1cnc(-c2ccc(S(N)(=O)=O)s2)cc1Nc1cc(C2CC2)[nH]n1. The number of anilines is 2. The van der Waals surface area contributed by atoms with Crippen molar-refractivity contribution in [2.45, 2.75) is 36.3 Å². The average molecular weight is 448 g/mol. The summed E-state index contributed by atoms with van der Waals surface area (Å²) in [4.78, 5) is 16.2. The fourth-order valence-corrected chi connectivity index (χ4v) is 4.69. The Morgan fingerprint density at radius 2 is 2.17 bits per heavy atom. The Morgan fingerprint density at radius 3 is 2.83 bits per heavy atom. The zero-order chi connectivity index (χ0) is 21.3. The van der Waals surface area contributed by atoms with E-state index >= 15 is 0 Å². The number of H-pyrrole nitrogens is 1. The summed E-state index contributed by atoms with van der Waals surface area (Å²) in [5, 5.41) is 15.9. The normalized spacial score (nSPS) is 13.9. The molecule has 0 bridgehead atoms. The number of sulfonamides is 1. The van der Waals surface area contributed by atoms with Gasteiger partial charge in [-0.05, 0) is 36.6 Å². The van der Waals surface area contributed by atoms with Crippen LogP contribution in [0.4, 0.5) is 11.5 Å². The molecule has 0 aliphatic heterocycles. The van der Waals surface area contributed by atoms with Crippen molar-refractivity contribution in [2.75, 3.05) is 11.9 Å². The molecule has 1 fully saturated rings. The molecule has 4 rings (SSSR count). The van der Waals surface area contributed by atoms with Crippen LogP contribution in [0.15, 0.2) is 34.7 Å². The minimum absolute atomic E-state index is 0.0779. The van der Waals surface area contributed by atoms with Gasteiger partial charge in [-0.15, -0.1) is 11.3 Å². The number of pyridine rings is 1. The molecule has 1 aliphatic carbocycles. The van der Waals surface area contributed by atoms with Gasteiger partial charge in [0.05, 0.1) is 17.2 Å². The molecule has 3 aromatic heterocycles. The van der Waals surface area contributed by atoms with Gasteiger partial charge in [0.1, 0.15) is 4.21 Å². The number of ether oxygens (including phenoxy) is 1. The van der Waals surface area contributed by atoms with Gasteiger partial charge in [-0.2, -0.15) is 5.10 Å². The van der Waals surface area contributed by atoms with Crippen LogP contribution >= 0.6 is 11.3 Å². The highest BCUT2D eigenvalue weighted by Crippen LogP contribution is 2.40. The lowest BCUT2D eigenvalue weighted by Gasteiger charge is -2.12. The lowest BCUT2D eigenvalue weighted by Crippen LogP contribution is -2.09. The number of aromatic amines is 1. The van der Waals surface area contributed by atoms with Crippen molar-refractivity contribution in [3.8, 4) is 10.6 Å². The third kappa shape index (κ3) is 4.86. The Morgan fingerprint density at radius 1 is 1.37 bits per heavy atom. The number of carbonyl (C=O) groups excluding carboxylic acids is 1. The zero-order valence-corrected chi connectivity index (χ0v) is 17.8. The van der Waals surface area contributed by atoms with E-state index in [2.05, 4.69) is 20.5 Å². The molecule has 0 atom stereocenters. The van der Waals surface area contributed by atoms with Gasteiger partial charge in [0.15, 0.2) is 5.82 Å². The van der Waals surface area contributed by atoms with E-state index in [1.54, 1.807) is 12.3 Å². The Labute approximate surface area is 177 Å². The second-order valence-corrected chi connectivity index (χ2v) is 9.96. The first-order valence-corrected chi connectivity index (χ1v) is 11.7. The molecule has 1 aliphatic rings. The molecule has 0 amide bonds. The quantitative estimate of drug-likeness (QED) is 0.451. The summed E-state index contributed by atoms with van der Waals surface area (Å²) < 4.78 is 28.3. The van der Waals surface area contributed by atoms with Gasteiger partial charge in [-0.25, -0.2) is 13.6 Å². The highest BCUT2D eigenvalue weighted by atomic mass is 32.2. The molecule has 30 heavy (non-hydrogen) atoms. The lowest BCUT2D eigenvalue weighted by atomic mass is 10.1. The van der Waals surface area contributed by atoms with Gasteiger partial charge >= 0.3 is 5.97 Å². The molecule has 1 saturated carbocycles. The molecular formula is C19H21N5O4S2. The topological polar surface area (TPSA) is 140 Å². The summed E-state index contributed by atoms with van der Waals surface area (Å²) in [5.74, 6) is 0.885. The third-order valence-corrected chi connectivity index (χ3v) is 7.20. The summed E-state index contributed by atoms with van der Waals surface area (Å²) in [6.45, 7) is 1.59. The molecule has 0 spiro atoms. The molecule has 11 heteroatoms. The van der Waals surface area contributed by atoms with E-state index in [0.29, 0.717) is 28.7 Å². The highest BCUT2D eigenvalue weighted by Gasteiger charge is 2.25. The highest BCUT2D eigenvalue weighted by molar-refractivity contribution is 7.91. The van der Waals surface area contributed by atoms with Gasteiger partial charge in [0, 0.05) is 42.9 Å². The number of nitrogens with zero attached hydrogens (tertiary/aromatic N) is 2. The maximum atomic E-state index is 11.6. The van der Waals surface area contributed by atoms with Crippen LogP contribution in [-0.2, 0) is 26.0 Å². The standard InChI is InChI=1S/C19H21N5O4S2/c1-11(25)28-7-6-13-10-21-16(17-4-5-19(29-17)30(20,26)27)8-14(13)22-18-9-15(23-24-18)12-2-3-12/h4-5,8-10,12H,2-3,6-7H2,1H3,(H2,20,26,27)(H2,21,22,23,24). The van der Waals surface area contributed by atoms with E-state index in [4.69, 9.17) is 9.88 Å². The average Bonchev–Trinajstić information content (AvgIpc) is 3.21. The molecule has 0 saturated heterocycles. The summed E-state index contributed by atoms with van der Waals surface area (Å²) in [6, 6.07) is 6.95. The Bertz CT molecular complexity index is 1180. The van der Waals surface area contributed by atoms with E-state index in [-0.39, 0.29) is 16.8 Å².